The van der Waals surface area contributed by atoms with Crippen LogP contribution in [0, 0.1) is 5.92 Å². The van der Waals surface area contributed by atoms with Crippen molar-refractivity contribution in [3.8, 4) is 0 Å². The molecule has 1 atom stereocenters. The van der Waals surface area contributed by atoms with Crippen LogP contribution in [0.3, 0.4) is 0 Å². The van der Waals surface area contributed by atoms with Crippen molar-refractivity contribution in [2.75, 3.05) is 6.54 Å². The lowest BCUT2D eigenvalue weighted by Gasteiger charge is -2.11. The standard InChI is InChI=1S/C16H20ClNO2/c1-2-11(8-9-18)6-7-14(19)15-10-12-4-3-5-13(17)16(12)20-15/h3-5,10-11H,2,6-9,18H2,1H3. The Labute approximate surface area is 124 Å². The SMILES string of the molecule is CCC(CCN)CCC(=O)c1cc2cccc(Cl)c2o1. The Bertz CT molecular complexity index is 591. The number of fused-ring (bicyclic) bond motifs is 1. The predicted octanol–water partition coefficient (Wildman–Crippen LogP) is 4.42. The van der Waals surface area contributed by atoms with Gasteiger partial charge in [0.1, 0.15) is 0 Å². The Morgan fingerprint density at radius 1 is 1.40 bits per heavy atom. The Kier molecular flexibility index (Phi) is 5.21. The Morgan fingerprint density at radius 3 is 2.85 bits per heavy atom. The third-order valence-electron chi connectivity index (χ3n) is 3.70. The molecule has 0 radical (unpaired) electrons. The van der Waals surface area contributed by atoms with Crippen molar-refractivity contribution in [3.63, 3.8) is 0 Å². The van der Waals surface area contributed by atoms with Crippen LogP contribution in [0.2, 0.25) is 5.02 Å². The van der Waals surface area contributed by atoms with Gasteiger partial charge in [0.2, 0.25) is 0 Å². The highest BCUT2D eigenvalue weighted by atomic mass is 35.5. The number of hydrogen-bond acceptors (Lipinski definition) is 3. The first-order valence-electron chi connectivity index (χ1n) is 7.07. The van der Waals surface area contributed by atoms with Crippen LogP contribution in [0.25, 0.3) is 11.0 Å². The maximum Gasteiger partial charge on any atom is 0.198 e. The van der Waals surface area contributed by atoms with E-state index in [9.17, 15) is 4.79 Å². The Balaban J connectivity index is 2.06. The summed E-state index contributed by atoms with van der Waals surface area (Å²) in [4.78, 5) is 12.2. The molecule has 0 saturated carbocycles. The van der Waals surface area contributed by atoms with E-state index in [4.69, 9.17) is 21.8 Å². The minimum absolute atomic E-state index is 0.0349. The lowest BCUT2D eigenvalue weighted by atomic mass is 9.95. The van der Waals surface area contributed by atoms with E-state index in [0.29, 0.717) is 35.2 Å². The fourth-order valence-electron chi connectivity index (χ4n) is 2.41. The van der Waals surface area contributed by atoms with Crippen LogP contribution in [0.15, 0.2) is 28.7 Å². The van der Waals surface area contributed by atoms with E-state index in [0.717, 1.165) is 24.6 Å². The first-order chi connectivity index (χ1) is 9.65. The molecule has 108 valence electrons. The molecule has 1 heterocycles. The van der Waals surface area contributed by atoms with Crippen LogP contribution in [0.5, 0.6) is 0 Å². The number of para-hydroxylation sites is 1. The average molecular weight is 294 g/mol. The lowest BCUT2D eigenvalue weighted by Crippen LogP contribution is -2.10. The largest absolute Gasteiger partial charge is 0.451 e. The average Bonchev–Trinajstić information content (AvgIpc) is 2.88. The number of hydrogen-bond donors (Lipinski definition) is 1. The molecule has 2 aromatic rings. The number of carbonyl (C=O) groups is 1. The molecule has 0 bridgehead atoms. The van der Waals surface area contributed by atoms with Crippen LogP contribution < -0.4 is 5.73 Å². The summed E-state index contributed by atoms with van der Waals surface area (Å²) in [5.74, 6) is 0.945. The molecular formula is C16H20ClNO2. The van der Waals surface area contributed by atoms with Crippen molar-refractivity contribution in [2.24, 2.45) is 11.7 Å². The minimum Gasteiger partial charge on any atom is -0.451 e. The van der Waals surface area contributed by atoms with Gasteiger partial charge >= 0.3 is 0 Å². The van der Waals surface area contributed by atoms with Gasteiger partial charge in [-0.05, 0) is 37.4 Å². The van der Waals surface area contributed by atoms with Gasteiger partial charge in [-0.3, -0.25) is 4.79 Å². The van der Waals surface area contributed by atoms with Gasteiger partial charge in [0.05, 0.1) is 5.02 Å². The fourth-order valence-corrected chi connectivity index (χ4v) is 2.63. The van der Waals surface area contributed by atoms with Gasteiger partial charge < -0.3 is 10.2 Å². The second-order valence-electron chi connectivity index (χ2n) is 5.08. The molecule has 0 saturated heterocycles. The number of benzene rings is 1. The van der Waals surface area contributed by atoms with E-state index in [2.05, 4.69) is 6.92 Å². The summed E-state index contributed by atoms with van der Waals surface area (Å²) in [5.41, 5.74) is 6.16. The van der Waals surface area contributed by atoms with Crippen LogP contribution in [-0.2, 0) is 0 Å². The molecule has 3 nitrogen and oxygen atoms in total. The zero-order chi connectivity index (χ0) is 14.5. The van der Waals surface area contributed by atoms with Gasteiger partial charge in [-0.2, -0.15) is 0 Å². The Morgan fingerprint density at radius 2 is 2.20 bits per heavy atom. The summed E-state index contributed by atoms with van der Waals surface area (Å²) in [6.45, 7) is 2.80. The van der Waals surface area contributed by atoms with Crippen molar-refractivity contribution < 1.29 is 9.21 Å². The topological polar surface area (TPSA) is 56.2 Å². The van der Waals surface area contributed by atoms with Crippen LogP contribution in [0.1, 0.15) is 43.2 Å². The molecule has 0 aliphatic rings. The van der Waals surface area contributed by atoms with Gasteiger partial charge in [-0.1, -0.05) is 37.1 Å². The van der Waals surface area contributed by atoms with Crippen molar-refractivity contribution >= 4 is 28.4 Å². The number of nitrogens with two attached hydrogens (primary N) is 1. The number of rotatable bonds is 7. The van der Waals surface area contributed by atoms with Gasteiger partial charge in [0.25, 0.3) is 0 Å². The number of ketones is 1. The van der Waals surface area contributed by atoms with Crippen LogP contribution in [0.4, 0.5) is 0 Å². The van der Waals surface area contributed by atoms with E-state index in [1.165, 1.54) is 0 Å². The Hall–Kier alpha value is -1.32. The monoisotopic (exact) mass is 293 g/mol. The summed E-state index contributed by atoms with van der Waals surface area (Å²) < 4.78 is 5.58. The molecule has 0 aliphatic carbocycles. The summed E-state index contributed by atoms with van der Waals surface area (Å²) >= 11 is 6.05. The molecule has 2 rings (SSSR count). The summed E-state index contributed by atoms with van der Waals surface area (Å²) in [6.07, 6.45) is 3.37. The minimum atomic E-state index is 0.0349. The van der Waals surface area contributed by atoms with Crippen molar-refractivity contribution in [2.45, 2.75) is 32.6 Å². The second-order valence-corrected chi connectivity index (χ2v) is 5.49. The molecular weight excluding hydrogens is 274 g/mol. The van der Waals surface area contributed by atoms with Crippen LogP contribution in [-0.4, -0.2) is 12.3 Å². The maximum atomic E-state index is 12.2. The van der Waals surface area contributed by atoms with E-state index < -0.39 is 0 Å². The van der Waals surface area contributed by atoms with Gasteiger partial charge in [0, 0.05) is 11.8 Å². The van der Waals surface area contributed by atoms with Crippen molar-refractivity contribution in [1.82, 2.24) is 0 Å². The van der Waals surface area contributed by atoms with E-state index >= 15 is 0 Å². The molecule has 20 heavy (non-hydrogen) atoms. The first kappa shape index (κ1) is 15.1. The molecule has 0 aliphatic heterocycles. The summed E-state index contributed by atoms with van der Waals surface area (Å²) in [6, 6.07) is 7.27. The van der Waals surface area contributed by atoms with Gasteiger partial charge in [0.15, 0.2) is 17.1 Å². The van der Waals surface area contributed by atoms with Crippen molar-refractivity contribution in [3.05, 3.63) is 35.0 Å². The molecule has 1 aromatic carbocycles. The lowest BCUT2D eigenvalue weighted by molar-refractivity contribution is 0.0948. The number of halogens is 1. The van der Waals surface area contributed by atoms with Gasteiger partial charge in [-0.15, -0.1) is 0 Å². The second kappa shape index (κ2) is 6.91. The number of Topliss-reactive ketones (excluding diaryl/α,β-unsaturated/α-hetero) is 1. The third-order valence-corrected chi connectivity index (χ3v) is 4.00. The summed E-state index contributed by atoms with van der Waals surface area (Å²) in [5, 5.41) is 1.41. The zero-order valence-corrected chi connectivity index (χ0v) is 12.5. The molecule has 0 fully saturated rings. The quantitative estimate of drug-likeness (QED) is 0.769. The van der Waals surface area contributed by atoms with Crippen molar-refractivity contribution in [1.29, 1.82) is 0 Å². The number of furan rings is 1. The number of carbonyl (C=O) groups excluding carboxylic acids is 1. The van der Waals surface area contributed by atoms with E-state index in [-0.39, 0.29) is 5.78 Å². The smallest absolute Gasteiger partial charge is 0.198 e. The molecule has 4 heteroatoms. The first-order valence-corrected chi connectivity index (χ1v) is 7.44. The third kappa shape index (κ3) is 3.41. The van der Waals surface area contributed by atoms with Gasteiger partial charge in [-0.25, -0.2) is 0 Å². The molecule has 2 N–H and O–H groups in total. The van der Waals surface area contributed by atoms with Crippen LogP contribution >= 0.6 is 11.6 Å². The maximum absolute atomic E-state index is 12.2. The normalized spacial score (nSPS) is 12.8. The molecule has 0 amide bonds. The highest BCUT2D eigenvalue weighted by molar-refractivity contribution is 6.34. The highest BCUT2D eigenvalue weighted by Gasteiger charge is 2.15. The van der Waals surface area contributed by atoms with E-state index in [1.807, 2.05) is 12.1 Å². The highest BCUT2D eigenvalue weighted by Crippen LogP contribution is 2.27. The predicted molar refractivity (Wildman–Crippen MR) is 82.2 cm³/mol. The van der Waals surface area contributed by atoms with E-state index in [1.54, 1.807) is 12.1 Å². The molecule has 1 unspecified atom stereocenters. The zero-order valence-electron chi connectivity index (χ0n) is 11.7. The summed E-state index contributed by atoms with van der Waals surface area (Å²) in [7, 11) is 0. The molecule has 1 aromatic heterocycles. The molecule has 0 spiro atoms. The fraction of sp³-hybridized carbons (Fsp3) is 0.438.